The Bertz CT molecular complexity index is 640. The monoisotopic (exact) mass is 258 g/mol. The summed E-state index contributed by atoms with van der Waals surface area (Å²) in [5.74, 6) is -1.96. The Kier molecular flexibility index (Phi) is 3.51. The molecule has 0 saturated carbocycles. The summed E-state index contributed by atoms with van der Waals surface area (Å²) in [6.07, 6.45) is 1.20. The molecule has 1 heterocycles. The van der Waals surface area contributed by atoms with Gasteiger partial charge in [0.15, 0.2) is 5.69 Å². The van der Waals surface area contributed by atoms with E-state index in [0.717, 1.165) is 5.56 Å². The van der Waals surface area contributed by atoms with Crippen LogP contribution in [0.4, 0.5) is 0 Å². The number of aromatic carboxylic acids is 1. The van der Waals surface area contributed by atoms with Gasteiger partial charge in [-0.05, 0) is 30.7 Å². The number of esters is 1. The summed E-state index contributed by atoms with van der Waals surface area (Å²) in [5.41, 5.74) is 0.677. The molecule has 96 valence electrons. The van der Waals surface area contributed by atoms with Gasteiger partial charge in [-0.3, -0.25) is 0 Å². The highest BCUT2D eigenvalue weighted by molar-refractivity contribution is 5.90. The third-order valence-electron chi connectivity index (χ3n) is 2.26. The number of hydrogen-bond acceptors (Lipinski definition) is 5. The summed E-state index contributed by atoms with van der Waals surface area (Å²) in [4.78, 5) is 29.8. The summed E-state index contributed by atoms with van der Waals surface area (Å²) in [6.45, 7) is 1.86. The van der Waals surface area contributed by atoms with E-state index in [1.165, 1.54) is 12.3 Å². The van der Waals surface area contributed by atoms with E-state index < -0.39 is 11.9 Å². The van der Waals surface area contributed by atoms with E-state index in [0.29, 0.717) is 5.75 Å². The highest BCUT2D eigenvalue weighted by Gasteiger charge is 2.15. The lowest BCUT2D eigenvalue weighted by molar-refractivity contribution is 0.0688. The normalized spacial score (nSPS) is 9.95. The molecule has 2 aromatic rings. The third-order valence-corrected chi connectivity index (χ3v) is 2.26. The van der Waals surface area contributed by atoms with E-state index >= 15 is 0 Å². The van der Waals surface area contributed by atoms with Crippen molar-refractivity contribution in [1.29, 1.82) is 0 Å². The van der Waals surface area contributed by atoms with Gasteiger partial charge in [0.2, 0.25) is 5.82 Å². The van der Waals surface area contributed by atoms with Crippen LogP contribution in [0.25, 0.3) is 0 Å². The fraction of sp³-hybridized carbons (Fsp3) is 0.0769. The first-order valence-corrected chi connectivity index (χ1v) is 5.41. The van der Waals surface area contributed by atoms with Gasteiger partial charge < -0.3 is 9.84 Å². The molecule has 6 heteroatoms. The summed E-state index contributed by atoms with van der Waals surface area (Å²) < 4.78 is 5.06. The van der Waals surface area contributed by atoms with Gasteiger partial charge in [-0.1, -0.05) is 12.1 Å². The minimum Gasteiger partial charge on any atom is -0.477 e. The Morgan fingerprint density at radius 3 is 2.74 bits per heavy atom. The molecule has 1 aromatic carbocycles. The van der Waals surface area contributed by atoms with Crippen LogP contribution in [0.15, 0.2) is 36.5 Å². The van der Waals surface area contributed by atoms with Crippen molar-refractivity contribution in [2.75, 3.05) is 0 Å². The number of carbonyl (C=O) groups is 2. The van der Waals surface area contributed by atoms with Crippen molar-refractivity contribution < 1.29 is 19.4 Å². The van der Waals surface area contributed by atoms with Crippen LogP contribution in [0.1, 0.15) is 26.7 Å². The molecule has 2 rings (SSSR count). The van der Waals surface area contributed by atoms with E-state index in [1.807, 2.05) is 13.0 Å². The molecular weight excluding hydrogens is 248 g/mol. The number of nitrogens with zero attached hydrogens (tertiary/aromatic N) is 2. The second kappa shape index (κ2) is 5.26. The predicted octanol–water partition coefficient (Wildman–Crippen LogP) is 1.70. The van der Waals surface area contributed by atoms with Gasteiger partial charge in [0.05, 0.1) is 0 Å². The van der Waals surface area contributed by atoms with Gasteiger partial charge in [0.1, 0.15) is 5.75 Å². The van der Waals surface area contributed by atoms with Crippen molar-refractivity contribution in [3.05, 3.63) is 53.6 Å². The average molecular weight is 258 g/mol. The second-order valence-corrected chi connectivity index (χ2v) is 3.78. The number of hydrogen-bond donors (Lipinski definition) is 1. The quantitative estimate of drug-likeness (QED) is 0.665. The average Bonchev–Trinajstić information content (AvgIpc) is 2.39. The summed E-state index contributed by atoms with van der Waals surface area (Å²) in [5, 5.41) is 8.77. The second-order valence-electron chi connectivity index (χ2n) is 3.78. The maximum atomic E-state index is 11.8. The molecule has 0 fully saturated rings. The van der Waals surface area contributed by atoms with E-state index in [9.17, 15) is 9.59 Å². The summed E-state index contributed by atoms with van der Waals surface area (Å²) in [6, 6.07) is 8.10. The molecule has 0 aliphatic heterocycles. The molecule has 1 aromatic heterocycles. The predicted molar refractivity (Wildman–Crippen MR) is 65.1 cm³/mol. The maximum absolute atomic E-state index is 11.8. The Balaban J connectivity index is 2.20. The van der Waals surface area contributed by atoms with Gasteiger partial charge in [0.25, 0.3) is 0 Å². The molecule has 1 N–H and O–H groups in total. The van der Waals surface area contributed by atoms with Crippen molar-refractivity contribution in [3.8, 4) is 5.75 Å². The van der Waals surface area contributed by atoms with Crippen LogP contribution in [0.5, 0.6) is 5.75 Å². The molecule has 19 heavy (non-hydrogen) atoms. The van der Waals surface area contributed by atoms with Crippen LogP contribution in [-0.2, 0) is 0 Å². The maximum Gasteiger partial charge on any atom is 0.381 e. The van der Waals surface area contributed by atoms with E-state index in [-0.39, 0.29) is 11.5 Å². The van der Waals surface area contributed by atoms with Crippen LogP contribution < -0.4 is 4.74 Å². The number of carboxylic acid groups (broad SMARTS) is 1. The molecule has 0 atom stereocenters. The zero-order valence-electron chi connectivity index (χ0n) is 10.0. The standard InChI is InChI=1S/C13H10N2O4/c1-8-3-2-4-9(7-8)19-13(18)11-14-6-5-10(15-11)12(16)17/h2-7H,1H3,(H,16,17). The van der Waals surface area contributed by atoms with Crippen molar-refractivity contribution in [1.82, 2.24) is 9.97 Å². The van der Waals surface area contributed by atoms with Crippen molar-refractivity contribution >= 4 is 11.9 Å². The van der Waals surface area contributed by atoms with E-state index in [4.69, 9.17) is 9.84 Å². The zero-order valence-corrected chi connectivity index (χ0v) is 10.0. The van der Waals surface area contributed by atoms with Gasteiger partial charge in [-0.15, -0.1) is 0 Å². The van der Waals surface area contributed by atoms with Gasteiger partial charge in [-0.2, -0.15) is 0 Å². The molecule has 0 spiro atoms. The highest BCUT2D eigenvalue weighted by atomic mass is 16.5. The smallest absolute Gasteiger partial charge is 0.381 e. The SMILES string of the molecule is Cc1cccc(OC(=O)c2nccc(C(=O)O)n2)c1. The topological polar surface area (TPSA) is 89.4 Å². The van der Waals surface area contributed by atoms with Gasteiger partial charge in [0, 0.05) is 6.20 Å². The molecule has 0 bridgehead atoms. The number of carbonyl (C=O) groups excluding carboxylic acids is 1. The lowest BCUT2D eigenvalue weighted by atomic mass is 10.2. The van der Waals surface area contributed by atoms with Gasteiger partial charge in [-0.25, -0.2) is 19.6 Å². The van der Waals surface area contributed by atoms with Crippen LogP contribution in [0.2, 0.25) is 0 Å². The van der Waals surface area contributed by atoms with Crippen molar-refractivity contribution in [2.24, 2.45) is 0 Å². The fourth-order valence-corrected chi connectivity index (χ4v) is 1.41. The number of aryl methyl sites for hydroxylation is 1. The molecule has 0 aliphatic carbocycles. The number of aromatic nitrogens is 2. The molecule has 0 radical (unpaired) electrons. The van der Waals surface area contributed by atoms with Crippen LogP contribution in [-0.4, -0.2) is 27.0 Å². The number of carboxylic acids is 1. The summed E-state index contributed by atoms with van der Waals surface area (Å²) >= 11 is 0. The minimum absolute atomic E-state index is 0.258. The Morgan fingerprint density at radius 1 is 1.26 bits per heavy atom. The Labute approximate surface area is 108 Å². The van der Waals surface area contributed by atoms with Crippen molar-refractivity contribution in [2.45, 2.75) is 6.92 Å². The lowest BCUT2D eigenvalue weighted by Crippen LogP contribution is -2.15. The van der Waals surface area contributed by atoms with Crippen LogP contribution >= 0.6 is 0 Å². The first-order chi connectivity index (χ1) is 9.06. The summed E-state index contributed by atoms with van der Waals surface area (Å²) in [7, 11) is 0. The molecular formula is C13H10N2O4. The van der Waals surface area contributed by atoms with Crippen LogP contribution in [0.3, 0.4) is 0 Å². The minimum atomic E-state index is -1.23. The lowest BCUT2D eigenvalue weighted by Gasteiger charge is -2.04. The van der Waals surface area contributed by atoms with Gasteiger partial charge >= 0.3 is 11.9 Å². The zero-order chi connectivity index (χ0) is 13.8. The number of benzene rings is 1. The first kappa shape index (κ1) is 12.7. The number of ether oxygens (including phenoxy) is 1. The molecule has 0 saturated heterocycles. The largest absolute Gasteiger partial charge is 0.477 e. The molecule has 6 nitrogen and oxygen atoms in total. The Morgan fingerprint density at radius 2 is 2.05 bits per heavy atom. The first-order valence-electron chi connectivity index (χ1n) is 5.41. The van der Waals surface area contributed by atoms with E-state index in [2.05, 4.69) is 9.97 Å². The molecule has 0 amide bonds. The highest BCUT2D eigenvalue weighted by Crippen LogP contribution is 2.13. The van der Waals surface area contributed by atoms with E-state index in [1.54, 1.807) is 18.2 Å². The Hall–Kier alpha value is -2.76. The van der Waals surface area contributed by atoms with Crippen LogP contribution in [0, 0.1) is 6.92 Å². The number of rotatable bonds is 3. The third kappa shape index (κ3) is 3.12. The molecule has 0 aliphatic rings. The fourth-order valence-electron chi connectivity index (χ4n) is 1.41. The van der Waals surface area contributed by atoms with Crippen molar-refractivity contribution in [3.63, 3.8) is 0 Å². The molecule has 0 unspecified atom stereocenters.